The van der Waals surface area contributed by atoms with Gasteiger partial charge in [0.05, 0.1) is 23.9 Å². The summed E-state index contributed by atoms with van der Waals surface area (Å²) < 4.78 is 5.22. The Hall–Kier alpha value is -2.28. The van der Waals surface area contributed by atoms with Crippen molar-refractivity contribution in [1.82, 2.24) is 20.1 Å². The van der Waals surface area contributed by atoms with E-state index in [9.17, 15) is 0 Å². The van der Waals surface area contributed by atoms with Gasteiger partial charge in [-0.25, -0.2) is 4.98 Å². The summed E-state index contributed by atoms with van der Waals surface area (Å²) in [5, 5.41) is 6.91. The molecular weight excluding hydrogens is 262 g/mol. The number of nitrogens with two attached hydrogens (primary N) is 1. The summed E-state index contributed by atoms with van der Waals surface area (Å²) in [6, 6.07) is 1.75. The van der Waals surface area contributed by atoms with Gasteiger partial charge in [-0.2, -0.15) is 4.98 Å². The van der Waals surface area contributed by atoms with Crippen molar-refractivity contribution in [2.24, 2.45) is 0 Å². The zero-order valence-electron chi connectivity index (χ0n) is 10.2. The molecule has 19 heavy (non-hydrogen) atoms. The molecule has 0 spiro atoms. The third-order valence-electron chi connectivity index (χ3n) is 2.53. The van der Waals surface area contributed by atoms with Gasteiger partial charge in [-0.05, 0) is 13.0 Å². The number of pyridine rings is 1. The van der Waals surface area contributed by atoms with Crippen molar-refractivity contribution in [3.8, 4) is 11.5 Å². The second-order valence-electron chi connectivity index (χ2n) is 4.04. The Morgan fingerprint density at radius 3 is 3.00 bits per heavy atom. The summed E-state index contributed by atoms with van der Waals surface area (Å²) in [6.45, 7) is 1.96. The van der Waals surface area contributed by atoms with Crippen molar-refractivity contribution >= 4 is 17.0 Å². The van der Waals surface area contributed by atoms with Gasteiger partial charge >= 0.3 is 0 Å². The van der Waals surface area contributed by atoms with Crippen LogP contribution in [-0.4, -0.2) is 20.1 Å². The predicted octanol–water partition coefficient (Wildman–Crippen LogP) is 2.07. The minimum Gasteiger partial charge on any atom is -0.397 e. The van der Waals surface area contributed by atoms with Crippen LogP contribution in [0.1, 0.15) is 16.5 Å². The first-order valence-electron chi connectivity index (χ1n) is 5.66. The maximum absolute atomic E-state index is 5.82. The van der Waals surface area contributed by atoms with Gasteiger partial charge in [0.1, 0.15) is 5.01 Å². The highest BCUT2D eigenvalue weighted by Crippen LogP contribution is 2.23. The number of aryl methyl sites for hydroxylation is 1. The first kappa shape index (κ1) is 11.8. The standard InChI is InChI=1S/C12H11N5OS/c1-7-6-19-11(15-7)4-10-16-12(18-17-10)8-2-3-14-5-9(8)13/h2-3,5-6H,4,13H2,1H3. The molecule has 0 saturated heterocycles. The molecule has 0 fully saturated rings. The van der Waals surface area contributed by atoms with Crippen LogP contribution in [0.15, 0.2) is 28.4 Å². The zero-order chi connectivity index (χ0) is 13.2. The van der Waals surface area contributed by atoms with E-state index in [0.717, 1.165) is 10.7 Å². The molecule has 0 atom stereocenters. The van der Waals surface area contributed by atoms with Crippen LogP contribution in [0, 0.1) is 6.92 Å². The lowest BCUT2D eigenvalue weighted by Crippen LogP contribution is -1.92. The fourth-order valence-electron chi connectivity index (χ4n) is 1.66. The lowest BCUT2D eigenvalue weighted by molar-refractivity contribution is 0.424. The van der Waals surface area contributed by atoms with Gasteiger partial charge in [-0.15, -0.1) is 11.3 Å². The average Bonchev–Trinajstić information content (AvgIpc) is 3.00. The van der Waals surface area contributed by atoms with Crippen LogP contribution in [-0.2, 0) is 6.42 Å². The number of nitrogen functional groups attached to an aromatic ring is 1. The first-order chi connectivity index (χ1) is 9.22. The number of thiazole rings is 1. The Bertz CT molecular complexity index is 705. The average molecular weight is 273 g/mol. The summed E-state index contributed by atoms with van der Waals surface area (Å²) in [5.74, 6) is 1.00. The van der Waals surface area contributed by atoms with Crippen molar-refractivity contribution in [1.29, 1.82) is 0 Å². The van der Waals surface area contributed by atoms with E-state index in [1.807, 2.05) is 12.3 Å². The van der Waals surface area contributed by atoms with E-state index < -0.39 is 0 Å². The fraction of sp³-hybridized carbons (Fsp3) is 0.167. The van der Waals surface area contributed by atoms with Gasteiger partial charge in [0.15, 0.2) is 5.82 Å². The van der Waals surface area contributed by atoms with E-state index in [-0.39, 0.29) is 0 Å². The van der Waals surface area contributed by atoms with E-state index in [1.165, 1.54) is 0 Å². The Kier molecular flexibility index (Phi) is 2.96. The summed E-state index contributed by atoms with van der Waals surface area (Å²) >= 11 is 1.59. The molecule has 0 aliphatic rings. The Labute approximate surface area is 113 Å². The normalized spacial score (nSPS) is 10.8. The van der Waals surface area contributed by atoms with Crippen LogP contribution in [0.25, 0.3) is 11.5 Å². The molecule has 3 rings (SSSR count). The molecular formula is C12H11N5OS. The first-order valence-corrected chi connectivity index (χ1v) is 6.54. The largest absolute Gasteiger partial charge is 0.397 e. The van der Waals surface area contributed by atoms with Crippen molar-refractivity contribution in [2.45, 2.75) is 13.3 Å². The molecule has 0 radical (unpaired) electrons. The molecule has 7 heteroatoms. The fourth-order valence-corrected chi connectivity index (χ4v) is 2.42. The van der Waals surface area contributed by atoms with Gasteiger partial charge in [-0.1, -0.05) is 5.16 Å². The van der Waals surface area contributed by atoms with Crippen LogP contribution in [0.4, 0.5) is 5.69 Å². The van der Waals surface area contributed by atoms with Gasteiger partial charge in [0.25, 0.3) is 5.89 Å². The molecule has 3 aromatic heterocycles. The molecule has 0 aliphatic heterocycles. The van der Waals surface area contributed by atoms with Crippen LogP contribution < -0.4 is 5.73 Å². The second kappa shape index (κ2) is 4.77. The van der Waals surface area contributed by atoms with Gasteiger partial charge in [-0.3, -0.25) is 4.98 Å². The minimum atomic E-state index is 0.406. The van der Waals surface area contributed by atoms with Gasteiger partial charge < -0.3 is 10.3 Å². The number of aromatic nitrogens is 4. The maximum Gasteiger partial charge on any atom is 0.260 e. The summed E-state index contributed by atoms with van der Waals surface area (Å²) in [6.07, 6.45) is 3.76. The lowest BCUT2D eigenvalue weighted by Gasteiger charge is -1.96. The van der Waals surface area contributed by atoms with Gasteiger partial charge in [0, 0.05) is 17.3 Å². The van der Waals surface area contributed by atoms with E-state index in [0.29, 0.717) is 29.4 Å². The highest BCUT2D eigenvalue weighted by atomic mass is 32.1. The van der Waals surface area contributed by atoms with Crippen LogP contribution in [0.2, 0.25) is 0 Å². The van der Waals surface area contributed by atoms with Crippen molar-refractivity contribution < 1.29 is 4.52 Å². The van der Waals surface area contributed by atoms with Gasteiger partial charge in [0.2, 0.25) is 0 Å². The van der Waals surface area contributed by atoms with Crippen molar-refractivity contribution in [2.75, 3.05) is 5.73 Å². The molecule has 3 aromatic rings. The molecule has 3 heterocycles. The van der Waals surface area contributed by atoms with E-state index in [4.69, 9.17) is 10.3 Å². The van der Waals surface area contributed by atoms with Crippen molar-refractivity contribution in [3.63, 3.8) is 0 Å². The van der Waals surface area contributed by atoms with Crippen LogP contribution >= 0.6 is 11.3 Å². The Morgan fingerprint density at radius 2 is 2.26 bits per heavy atom. The number of anilines is 1. The molecule has 2 N–H and O–H groups in total. The SMILES string of the molecule is Cc1csc(Cc2noc(-c3ccncc3N)n2)n1. The van der Waals surface area contributed by atoms with Crippen molar-refractivity contribution in [3.05, 3.63) is 40.4 Å². The number of rotatable bonds is 3. The third-order valence-corrected chi connectivity index (χ3v) is 3.49. The van der Waals surface area contributed by atoms with E-state index in [2.05, 4.69) is 20.1 Å². The Morgan fingerprint density at radius 1 is 1.37 bits per heavy atom. The lowest BCUT2D eigenvalue weighted by atomic mass is 10.2. The number of nitrogens with zero attached hydrogens (tertiary/aromatic N) is 4. The zero-order valence-corrected chi connectivity index (χ0v) is 11.0. The number of hydrogen-bond acceptors (Lipinski definition) is 7. The highest BCUT2D eigenvalue weighted by Gasteiger charge is 2.12. The molecule has 0 aliphatic carbocycles. The quantitative estimate of drug-likeness (QED) is 0.785. The molecule has 0 saturated carbocycles. The monoisotopic (exact) mass is 273 g/mol. The molecule has 0 amide bonds. The van der Waals surface area contributed by atoms with Crippen LogP contribution in [0.5, 0.6) is 0 Å². The molecule has 0 aromatic carbocycles. The molecule has 96 valence electrons. The summed E-state index contributed by atoms with van der Waals surface area (Å²) in [4.78, 5) is 12.6. The predicted molar refractivity (Wildman–Crippen MR) is 71.6 cm³/mol. The van der Waals surface area contributed by atoms with E-state index in [1.54, 1.807) is 29.8 Å². The molecule has 0 bridgehead atoms. The molecule has 0 unspecified atom stereocenters. The summed E-state index contributed by atoms with van der Waals surface area (Å²) in [7, 11) is 0. The van der Waals surface area contributed by atoms with Crippen LogP contribution in [0.3, 0.4) is 0 Å². The van der Waals surface area contributed by atoms with E-state index >= 15 is 0 Å². The third kappa shape index (κ3) is 2.45. The minimum absolute atomic E-state index is 0.406. The maximum atomic E-state index is 5.82. The Balaban J connectivity index is 1.86. The topological polar surface area (TPSA) is 90.7 Å². The highest BCUT2D eigenvalue weighted by molar-refractivity contribution is 7.09. The smallest absolute Gasteiger partial charge is 0.260 e. The summed E-state index contributed by atoms with van der Waals surface area (Å²) in [5.41, 5.74) is 8.03. The molecule has 6 nitrogen and oxygen atoms in total. The second-order valence-corrected chi connectivity index (χ2v) is 4.98. The number of hydrogen-bond donors (Lipinski definition) is 1.